The number of rotatable bonds is 16. The predicted molar refractivity (Wildman–Crippen MR) is 138 cm³/mol. The Labute approximate surface area is 208 Å². The Morgan fingerprint density at radius 2 is 1.94 bits per heavy atom. The highest BCUT2D eigenvalue weighted by Crippen LogP contribution is 2.31. The molecule has 2 rings (SSSR count). The van der Waals surface area contributed by atoms with Crippen molar-refractivity contribution < 1.29 is 24.5 Å². The molecule has 0 unspecified atom stereocenters. The summed E-state index contributed by atoms with van der Waals surface area (Å²) in [4.78, 5) is 28.9. The first-order chi connectivity index (χ1) is 16.9. The van der Waals surface area contributed by atoms with Crippen LogP contribution in [0.2, 0.25) is 0 Å². The van der Waals surface area contributed by atoms with Crippen LogP contribution in [0, 0.1) is 5.92 Å². The number of aliphatic hydroxyl groups is 1. The number of nitrogens with two attached hydrogens (primary N) is 1. The van der Waals surface area contributed by atoms with Gasteiger partial charge in [-0.3, -0.25) is 9.59 Å². The Kier molecular flexibility index (Phi) is 12.0. The average Bonchev–Trinajstić information content (AvgIpc) is 2.83. The second-order valence-corrected chi connectivity index (χ2v) is 8.92. The maximum atomic E-state index is 12.5. The Bertz CT molecular complexity index is 986. The number of pyridine rings is 1. The molecule has 0 aliphatic rings. The van der Waals surface area contributed by atoms with Crippen LogP contribution < -0.4 is 10.5 Å². The quantitative estimate of drug-likeness (QED) is 0.230. The van der Waals surface area contributed by atoms with Gasteiger partial charge >= 0.3 is 0 Å². The van der Waals surface area contributed by atoms with Crippen molar-refractivity contribution in [2.24, 2.45) is 5.92 Å². The summed E-state index contributed by atoms with van der Waals surface area (Å²) in [5, 5.41) is 19.3. The molecule has 1 heterocycles. The largest absolute Gasteiger partial charge is 0.504 e. The number of phenolic OH excluding ortho intramolecular Hbond substituents is 1. The molecule has 0 bridgehead atoms. The smallest absolute Gasteiger partial charge is 0.163 e. The van der Waals surface area contributed by atoms with Crippen molar-refractivity contribution in [2.45, 2.75) is 64.7 Å². The molecular weight excluding hydrogens is 444 g/mol. The zero-order valence-electron chi connectivity index (χ0n) is 20.8. The van der Waals surface area contributed by atoms with Crippen molar-refractivity contribution in [2.75, 3.05) is 19.5 Å². The van der Waals surface area contributed by atoms with Crippen molar-refractivity contribution in [3.63, 3.8) is 0 Å². The van der Waals surface area contributed by atoms with Crippen molar-refractivity contribution in [3.05, 3.63) is 53.2 Å². The van der Waals surface area contributed by atoms with Crippen LogP contribution in [0.15, 0.2) is 36.5 Å². The third-order valence-electron chi connectivity index (χ3n) is 6.04. The van der Waals surface area contributed by atoms with E-state index in [9.17, 15) is 14.7 Å². The minimum absolute atomic E-state index is 0.00456. The number of anilines is 1. The van der Waals surface area contributed by atoms with Crippen molar-refractivity contribution >= 4 is 23.5 Å². The second kappa shape index (κ2) is 14.9. The first-order valence-electron chi connectivity index (χ1n) is 12.3. The molecule has 0 saturated heterocycles. The molecule has 190 valence electrons. The summed E-state index contributed by atoms with van der Waals surface area (Å²) in [6.07, 6.45) is 11.1. The van der Waals surface area contributed by atoms with E-state index in [1.54, 1.807) is 30.5 Å². The molecule has 35 heavy (non-hydrogen) atoms. The van der Waals surface area contributed by atoms with E-state index in [4.69, 9.17) is 15.6 Å². The molecule has 0 spiro atoms. The number of hydrogen-bond acceptors (Lipinski definition) is 7. The molecule has 1 aromatic heterocycles. The second-order valence-electron chi connectivity index (χ2n) is 8.92. The maximum absolute atomic E-state index is 12.5. The van der Waals surface area contributed by atoms with Crippen LogP contribution in [0.5, 0.6) is 11.5 Å². The molecule has 2 aromatic rings. The summed E-state index contributed by atoms with van der Waals surface area (Å²) in [5.41, 5.74) is 8.06. The van der Waals surface area contributed by atoms with E-state index in [0.717, 1.165) is 49.7 Å². The molecule has 1 atom stereocenters. The lowest BCUT2D eigenvalue weighted by molar-refractivity contribution is -0.124. The fourth-order valence-electron chi connectivity index (χ4n) is 4.19. The Morgan fingerprint density at radius 3 is 2.60 bits per heavy atom. The fraction of sp³-hybridized carbons (Fsp3) is 0.464. The Hall–Kier alpha value is -3.19. The van der Waals surface area contributed by atoms with Crippen molar-refractivity contribution in [1.29, 1.82) is 0 Å². The molecular formula is C28H38N2O5. The zero-order chi connectivity index (χ0) is 25.6. The number of nitrogens with zero attached hydrogens (tertiary/aromatic N) is 1. The molecule has 0 radical (unpaired) electrons. The first kappa shape index (κ1) is 28.1. The Balaban J connectivity index is 1.99. The molecule has 1 aromatic carbocycles. The SMILES string of the molecule is CCC[C@H](CCCO)CCCC(=O)CC(=O)C=Cc1cc(OC)c(O)cc1Cc1ccc(N)nc1. The summed E-state index contributed by atoms with van der Waals surface area (Å²) < 4.78 is 5.22. The summed E-state index contributed by atoms with van der Waals surface area (Å²) >= 11 is 0. The number of aliphatic hydroxyl groups excluding tert-OH is 1. The van der Waals surface area contributed by atoms with Gasteiger partial charge in [0, 0.05) is 19.2 Å². The van der Waals surface area contributed by atoms with E-state index in [1.165, 1.54) is 13.2 Å². The number of Topliss-reactive ketones (excluding diaryl/α,β-unsaturated/α-hetero) is 1. The lowest BCUT2D eigenvalue weighted by Crippen LogP contribution is -2.07. The van der Waals surface area contributed by atoms with E-state index < -0.39 is 0 Å². The molecule has 0 fully saturated rings. The monoisotopic (exact) mass is 482 g/mol. The lowest BCUT2D eigenvalue weighted by atomic mass is 9.91. The molecule has 0 aliphatic heterocycles. The van der Waals surface area contributed by atoms with Gasteiger partial charge in [0.05, 0.1) is 13.5 Å². The molecule has 0 saturated carbocycles. The van der Waals surface area contributed by atoms with Gasteiger partial charge in [-0.1, -0.05) is 38.3 Å². The Morgan fingerprint density at radius 1 is 1.17 bits per heavy atom. The fourth-order valence-corrected chi connectivity index (χ4v) is 4.19. The highest BCUT2D eigenvalue weighted by molar-refractivity contribution is 6.06. The van der Waals surface area contributed by atoms with Gasteiger partial charge in [0.15, 0.2) is 17.3 Å². The molecule has 0 amide bonds. The van der Waals surface area contributed by atoms with Gasteiger partial charge in [-0.25, -0.2) is 4.98 Å². The number of aromatic hydroxyl groups is 1. The van der Waals surface area contributed by atoms with Crippen LogP contribution in [0.4, 0.5) is 5.82 Å². The van der Waals surface area contributed by atoms with Gasteiger partial charge in [0.25, 0.3) is 0 Å². The standard InChI is InChI=1S/C28H38N2O5/c1-3-6-20(8-5-14-31)7-4-9-24(32)18-25(33)12-11-22-17-27(35-2)26(34)16-23(22)15-21-10-13-28(29)30-19-21/h10-13,16-17,19-20,31,34H,3-9,14-15,18H2,1-2H3,(H2,29,30)/t20-/m0/s1. The van der Waals surface area contributed by atoms with Crippen molar-refractivity contribution in [3.8, 4) is 11.5 Å². The summed E-state index contributed by atoms with van der Waals surface area (Å²) in [6.45, 7) is 2.34. The molecule has 7 nitrogen and oxygen atoms in total. The molecule has 7 heteroatoms. The van der Waals surface area contributed by atoms with Gasteiger partial charge in [0.2, 0.25) is 0 Å². The van der Waals surface area contributed by atoms with Crippen molar-refractivity contribution in [1.82, 2.24) is 4.98 Å². The number of methoxy groups -OCH3 is 1. The number of carbonyl (C=O) groups excluding carboxylic acids is 2. The average molecular weight is 483 g/mol. The number of hydrogen-bond donors (Lipinski definition) is 3. The summed E-state index contributed by atoms with van der Waals surface area (Å²) in [7, 11) is 1.46. The first-order valence-corrected chi connectivity index (χ1v) is 12.3. The van der Waals surface area contributed by atoms with E-state index in [2.05, 4.69) is 11.9 Å². The number of phenols is 1. The minimum atomic E-state index is -0.257. The summed E-state index contributed by atoms with van der Waals surface area (Å²) in [5.74, 6) is 0.934. The van der Waals surface area contributed by atoms with E-state index in [0.29, 0.717) is 35.9 Å². The highest BCUT2D eigenvalue weighted by Gasteiger charge is 2.13. The lowest BCUT2D eigenvalue weighted by Gasteiger charge is -2.14. The number of carbonyl (C=O) groups is 2. The van der Waals surface area contributed by atoms with Crippen LogP contribution in [-0.2, 0) is 16.0 Å². The van der Waals surface area contributed by atoms with Crippen LogP contribution in [0.1, 0.15) is 75.0 Å². The number of aromatic nitrogens is 1. The third kappa shape index (κ3) is 9.91. The van der Waals surface area contributed by atoms with Crippen LogP contribution in [0.25, 0.3) is 6.08 Å². The normalized spacial score (nSPS) is 12.1. The number of ether oxygens (including phenoxy) is 1. The summed E-state index contributed by atoms with van der Waals surface area (Å²) in [6, 6.07) is 6.84. The van der Waals surface area contributed by atoms with Crippen LogP contribution >= 0.6 is 0 Å². The maximum Gasteiger partial charge on any atom is 0.163 e. The van der Waals surface area contributed by atoms with Gasteiger partial charge in [0.1, 0.15) is 11.6 Å². The molecule has 4 N–H and O–H groups in total. The topological polar surface area (TPSA) is 123 Å². The van der Waals surface area contributed by atoms with Gasteiger partial charge < -0.3 is 20.7 Å². The molecule has 0 aliphatic carbocycles. The third-order valence-corrected chi connectivity index (χ3v) is 6.04. The van der Waals surface area contributed by atoms with Gasteiger partial charge in [-0.2, -0.15) is 0 Å². The van der Waals surface area contributed by atoms with Crippen LogP contribution in [0.3, 0.4) is 0 Å². The highest BCUT2D eigenvalue weighted by atomic mass is 16.5. The number of nitrogen functional groups attached to an aromatic ring is 1. The zero-order valence-corrected chi connectivity index (χ0v) is 20.8. The number of benzene rings is 1. The van der Waals surface area contributed by atoms with Gasteiger partial charge in [-0.05, 0) is 72.6 Å². The number of ketones is 2. The predicted octanol–water partition coefficient (Wildman–Crippen LogP) is 4.87. The van der Waals surface area contributed by atoms with E-state index in [1.807, 2.05) is 6.07 Å². The number of allylic oxidation sites excluding steroid dienone is 1. The minimum Gasteiger partial charge on any atom is -0.504 e. The van der Waals surface area contributed by atoms with Gasteiger partial charge in [-0.15, -0.1) is 0 Å². The van der Waals surface area contributed by atoms with E-state index in [-0.39, 0.29) is 30.3 Å². The van der Waals surface area contributed by atoms with Crippen LogP contribution in [-0.4, -0.2) is 40.5 Å². The van der Waals surface area contributed by atoms with E-state index >= 15 is 0 Å².